The molecule has 0 atom stereocenters. The molecule has 1 aromatic heterocycles. The van der Waals surface area contributed by atoms with Crippen LogP contribution in [0.15, 0.2) is 24.3 Å². The zero-order chi connectivity index (χ0) is 18.7. The van der Waals surface area contributed by atoms with Crippen molar-refractivity contribution in [2.24, 2.45) is 0 Å². The van der Waals surface area contributed by atoms with Crippen molar-refractivity contribution in [2.45, 2.75) is 32.7 Å². The summed E-state index contributed by atoms with van der Waals surface area (Å²) in [6.07, 6.45) is 1.69. The molecule has 1 heterocycles. The van der Waals surface area contributed by atoms with E-state index < -0.39 is 0 Å². The fraction of sp³-hybridized carbons (Fsp3) is 0.421. The summed E-state index contributed by atoms with van der Waals surface area (Å²) in [6.45, 7) is 4.12. The van der Waals surface area contributed by atoms with E-state index in [0.29, 0.717) is 28.9 Å². The number of thiazole rings is 1. The Labute approximate surface area is 157 Å². The van der Waals surface area contributed by atoms with E-state index in [2.05, 4.69) is 22.4 Å². The van der Waals surface area contributed by atoms with Gasteiger partial charge in [0.1, 0.15) is 4.88 Å². The van der Waals surface area contributed by atoms with Crippen LogP contribution in [-0.2, 0) is 22.4 Å². The Bertz CT molecular complexity index is 793. The third-order valence-electron chi connectivity index (χ3n) is 4.51. The van der Waals surface area contributed by atoms with Gasteiger partial charge < -0.3 is 10.1 Å². The van der Waals surface area contributed by atoms with E-state index in [1.807, 2.05) is 12.1 Å². The van der Waals surface area contributed by atoms with Crippen LogP contribution in [-0.4, -0.2) is 43.1 Å². The van der Waals surface area contributed by atoms with Crippen LogP contribution in [0.1, 0.15) is 33.4 Å². The van der Waals surface area contributed by atoms with Crippen LogP contribution in [0.25, 0.3) is 0 Å². The number of benzene rings is 1. The molecule has 0 radical (unpaired) electrons. The average molecular weight is 373 g/mol. The highest BCUT2D eigenvalue weighted by atomic mass is 32.1. The molecule has 0 spiro atoms. The molecular weight excluding hydrogens is 350 g/mol. The Balaban J connectivity index is 1.70. The van der Waals surface area contributed by atoms with Crippen molar-refractivity contribution >= 4 is 28.3 Å². The number of carbonyl (C=O) groups excluding carboxylic acids is 2. The molecule has 1 aromatic carbocycles. The molecule has 0 aliphatic heterocycles. The third-order valence-corrected chi connectivity index (χ3v) is 5.69. The van der Waals surface area contributed by atoms with E-state index in [1.165, 1.54) is 29.4 Å². The number of aromatic nitrogens is 1. The Morgan fingerprint density at radius 1 is 1.31 bits per heavy atom. The van der Waals surface area contributed by atoms with E-state index >= 15 is 0 Å². The van der Waals surface area contributed by atoms with Crippen LogP contribution < -0.4 is 10.2 Å². The van der Waals surface area contributed by atoms with Gasteiger partial charge in [-0.25, -0.2) is 4.98 Å². The smallest absolute Gasteiger partial charge is 0.263 e. The van der Waals surface area contributed by atoms with Crippen molar-refractivity contribution in [3.63, 3.8) is 0 Å². The Morgan fingerprint density at radius 3 is 2.54 bits per heavy atom. The quantitative estimate of drug-likeness (QED) is 0.844. The van der Waals surface area contributed by atoms with Crippen molar-refractivity contribution in [3.8, 4) is 0 Å². The maximum absolute atomic E-state index is 12.7. The summed E-state index contributed by atoms with van der Waals surface area (Å²) in [5.74, 6) is -0.242. The van der Waals surface area contributed by atoms with E-state index in [9.17, 15) is 9.59 Å². The lowest BCUT2D eigenvalue weighted by Gasteiger charge is -2.16. The lowest BCUT2D eigenvalue weighted by Crippen LogP contribution is -2.35. The van der Waals surface area contributed by atoms with E-state index in [4.69, 9.17) is 4.74 Å². The second-order valence-corrected chi connectivity index (χ2v) is 7.40. The number of anilines is 1. The summed E-state index contributed by atoms with van der Waals surface area (Å²) >= 11 is 1.25. The molecule has 7 heteroatoms. The molecule has 1 aliphatic carbocycles. The third kappa shape index (κ3) is 3.94. The lowest BCUT2D eigenvalue weighted by molar-refractivity contribution is -0.116. The van der Waals surface area contributed by atoms with Gasteiger partial charge in [-0.05, 0) is 30.9 Å². The number of nitrogens with zero attached hydrogens (tertiary/aromatic N) is 2. The number of rotatable bonds is 6. The first kappa shape index (κ1) is 18.5. The van der Waals surface area contributed by atoms with Gasteiger partial charge in [0, 0.05) is 20.1 Å². The molecule has 0 saturated heterocycles. The predicted molar refractivity (Wildman–Crippen MR) is 102 cm³/mol. The predicted octanol–water partition coefficient (Wildman–Crippen LogP) is 2.35. The Kier molecular flexibility index (Phi) is 5.68. The largest absolute Gasteiger partial charge is 0.383 e. The highest BCUT2D eigenvalue weighted by molar-refractivity contribution is 7.17. The van der Waals surface area contributed by atoms with Gasteiger partial charge in [0.05, 0.1) is 18.8 Å². The lowest BCUT2D eigenvalue weighted by atomic mass is 10.1. The van der Waals surface area contributed by atoms with Gasteiger partial charge in [-0.1, -0.05) is 35.6 Å². The molecule has 2 aromatic rings. The minimum absolute atomic E-state index is 0.0993. The van der Waals surface area contributed by atoms with Gasteiger partial charge in [0.25, 0.3) is 5.91 Å². The van der Waals surface area contributed by atoms with Crippen molar-refractivity contribution in [1.82, 2.24) is 10.3 Å². The van der Waals surface area contributed by atoms with Crippen molar-refractivity contribution < 1.29 is 14.3 Å². The molecular formula is C19H23N3O3S. The van der Waals surface area contributed by atoms with Crippen LogP contribution >= 0.6 is 11.3 Å². The molecule has 1 aliphatic rings. The van der Waals surface area contributed by atoms with Crippen LogP contribution in [0, 0.1) is 6.92 Å². The number of hydrogen-bond donors (Lipinski definition) is 1. The SMILES string of the molecule is COCCN(C(C)=O)c1nc(C)c(C(=O)NC2Cc3ccccc3C2)s1. The fourth-order valence-corrected chi connectivity index (χ4v) is 4.23. The van der Waals surface area contributed by atoms with Gasteiger partial charge >= 0.3 is 0 Å². The van der Waals surface area contributed by atoms with Crippen molar-refractivity contribution in [2.75, 3.05) is 25.2 Å². The van der Waals surface area contributed by atoms with E-state index in [0.717, 1.165) is 12.8 Å². The van der Waals surface area contributed by atoms with Crippen LogP contribution in [0.5, 0.6) is 0 Å². The second kappa shape index (κ2) is 7.97. The Hall–Kier alpha value is -2.25. The molecule has 2 amide bonds. The topological polar surface area (TPSA) is 71.5 Å². The van der Waals surface area contributed by atoms with E-state index in [-0.39, 0.29) is 17.9 Å². The molecule has 0 bridgehead atoms. The average Bonchev–Trinajstić information content (AvgIpc) is 3.17. The zero-order valence-corrected chi connectivity index (χ0v) is 16.1. The molecule has 26 heavy (non-hydrogen) atoms. The minimum Gasteiger partial charge on any atom is -0.383 e. The molecule has 138 valence electrons. The first-order valence-electron chi connectivity index (χ1n) is 8.61. The number of amides is 2. The van der Waals surface area contributed by atoms with E-state index in [1.54, 1.807) is 18.9 Å². The van der Waals surface area contributed by atoms with Crippen LogP contribution in [0.3, 0.4) is 0 Å². The maximum Gasteiger partial charge on any atom is 0.263 e. The fourth-order valence-electron chi connectivity index (χ4n) is 3.19. The number of aryl methyl sites for hydroxylation is 1. The molecule has 0 fully saturated rings. The van der Waals surface area contributed by atoms with Gasteiger partial charge in [-0.15, -0.1) is 0 Å². The summed E-state index contributed by atoms with van der Waals surface area (Å²) in [5.41, 5.74) is 3.23. The van der Waals surface area contributed by atoms with Crippen LogP contribution in [0.4, 0.5) is 5.13 Å². The molecule has 1 N–H and O–H groups in total. The molecule has 0 saturated carbocycles. The van der Waals surface area contributed by atoms with Gasteiger partial charge in [0.2, 0.25) is 5.91 Å². The van der Waals surface area contributed by atoms with Crippen molar-refractivity contribution in [3.05, 3.63) is 46.0 Å². The zero-order valence-electron chi connectivity index (χ0n) is 15.2. The number of carbonyl (C=O) groups is 2. The number of nitrogens with one attached hydrogen (secondary N) is 1. The summed E-state index contributed by atoms with van der Waals surface area (Å²) in [5, 5.41) is 3.65. The van der Waals surface area contributed by atoms with Crippen molar-refractivity contribution in [1.29, 1.82) is 0 Å². The standard InChI is InChI=1S/C19H23N3O3S/c1-12-17(26-19(20-12)22(13(2)23)8-9-25-3)18(24)21-16-10-14-6-4-5-7-15(14)11-16/h4-7,16H,8-11H2,1-3H3,(H,21,24). The van der Waals surface area contributed by atoms with Crippen LogP contribution in [0.2, 0.25) is 0 Å². The Morgan fingerprint density at radius 2 is 1.96 bits per heavy atom. The van der Waals surface area contributed by atoms with Gasteiger partial charge in [-0.3, -0.25) is 14.5 Å². The summed E-state index contributed by atoms with van der Waals surface area (Å²) in [4.78, 5) is 31.1. The summed E-state index contributed by atoms with van der Waals surface area (Å²) in [6, 6.07) is 8.37. The monoisotopic (exact) mass is 373 g/mol. The molecule has 3 rings (SSSR count). The minimum atomic E-state index is -0.126. The summed E-state index contributed by atoms with van der Waals surface area (Å²) < 4.78 is 5.05. The normalized spacial score (nSPS) is 13.5. The highest BCUT2D eigenvalue weighted by Crippen LogP contribution is 2.27. The summed E-state index contributed by atoms with van der Waals surface area (Å²) in [7, 11) is 1.59. The first-order chi connectivity index (χ1) is 12.5. The maximum atomic E-state index is 12.7. The van der Waals surface area contributed by atoms with Gasteiger partial charge in [-0.2, -0.15) is 0 Å². The first-order valence-corrected chi connectivity index (χ1v) is 9.43. The highest BCUT2D eigenvalue weighted by Gasteiger charge is 2.26. The number of ether oxygens (including phenoxy) is 1. The molecule has 0 unspecified atom stereocenters. The number of hydrogen-bond acceptors (Lipinski definition) is 5. The second-order valence-electron chi connectivity index (χ2n) is 6.42. The molecule has 6 nitrogen and oxygen atoms in total. The number of methoxy groups -OCH3 is 1. The van der Waals surface area contributed by atoms with Gasteiger partial charge in [0.15, 0.2) is 5.13 Å². The number of fused-ring (bicyclic) bond motifs is 1.